The number of aryl methyl sites for hydroxylation is 1. The van der Waals surface area contributed by atoms with Crippen LogP contribution in [-0.4, -0.2) is 39.5 Å². The zero-order valence-electron chi connectivity index (χ0n) is 21.7. The Morgan fingerprint density at radius 3 is 2.28 bits per heavy atom. The van der Waals surface area contributed by atoms with E-state index in [0.29, 0.717) is 11.3 Å². The zero-order valence-corrected chi connectivity index (χ0v) is 21.7. The van der Waals surface area contributed by atoms with E-state index in [1.807, 2.05) is 80.6 Å². The Balaban J connectivity index is 1.50. The number of aromatic carboxylic acids is 1. The van der Waals surface area contributed by atoms with Crippen LogP contribution in [0.1, 0.15) is 40.0 Å². The van der Waals surface area contributed by atoms with E-state index in [1.54, 1.807) is 24.4 Å². The number of carboxylic acids is 1. The highest BCUT2D eigenvalue weighted by molar-refractivity contribution is 5.89. The van der Waals surface area contributed by atoms with Gasteiger partial charge in [-0.15, -0.1) is 0 Å². The number of amides is 2. The average molecular weight is 524 g/mol. The van der Waals surface area contributed by atoms with Crippen LogP contribution in [0.5, 0.6) is 5.75 Å². The predicted molar refractivity (Wildman–Crippen MR) is 147 cm³/mol. The summed E-state index contributed by atoms with van der Waals surface area (Å²) in [5, 5.41) is 12.2. The largest absolute Gasteiger partial charge is 0.478 e. The summed E-state index contributed by atoms with van der Waals surface area (Å²) >= 11 is 0. The number of hydrogen-bond donors (Lipinski definition) is 2. The van der Waals surface area contributed by atoms with Gasteiger partial charge >= 0.3 is 12.1 Å². The number of rotatable bonds is 9. The first-order chi connectivity index (χ1) is 18.8. The molecule has 0 spiro atoms. The molecule has 2 amide bonds. The van der Waals surface area contributed by atoms with Gasteiger partial charge in [-0.05, 0) is 48.7 Å². The van der Waals surface area contributed by atoms with Crippen molar-refractivity contribution in [2.45, 2.75) is 26.4 Å². The van der Waals surface area contributed by atoms with Crippen molar-refractivity contribution >= 4 is 18.0 Å². The Bertz CT molecular complexity index is 1440. The van der Waals surface area contributed by atoms with Gasteiger partial charge in [-0.3, -0.25) is 14.7 Å². The lowest BCUT2D eigenvalue weighted by molar-refractivity contribution is -0.122. The van der Waals surface area contributed by atoms with Crippen LogP contribution in [0, 0.1) is 6.92 Å². The molecule has 0 saturated carbocycles. The van der Waals surface area contributed by atoms with E-state index in [-0.39, 0.29) is 30.6 Å². The summed E-state index contributed by atoms with van der Waals surface area (Å²) in [4.78, 5) is 42.7. The standard InChI is InChI=1S/C31H29N3O5/c1-21-8-14-28(15-9-21)39-31(38)34(20-29(35)33-22(2)24-6-4-3-5-7-24)19-23-10-12-25(13-11-23)26-16-27(30(36)37)18-32-17-26/h3-18,22H,19-20H2,1-2H3,(H,33,35)(H,36,37)/t22-/m0/s1. The Labute approximate surface area is 226 Å². The van der Waals surface area contributed by atoms with Crippen LogP contribution in [0.15, 0.2) is 97.3 Å². The summed E-state index contributed by atoms with van der Waals surface area (Å²) in [6, 6.07) is 25.3. The Kier molecular flexibility index (Phi) is 8.68. The normalized spacial score (nSPS) is 11.3. The third kappa shape index (κ3) is 7.52. The lowest BCUT2D eigenvalue weighted by atomic mass is 10.0. The smallest absolute Gasteiger partial charge is 0.416 e. The highest BCUT2D eigenvalue weighted by Gasteiger charge is 2.21. The van der Waals surface area contributed by atoms with Crippen LogP contribution in [0.3, 0.4) is 0 Å². The molecule has 1 heterocycles. The first-order valence-electron chi connectivity index (χ1n) is 12.4. The molecule has 8 heteroatoms. The van der Waals surface area contributed by atoms with Gasteiger partial charge in [-0.25, -0.2) is 9.59 Å². The van der Waals surface area contributed by atoms with E-state index >= 15 is 0 Å². The minimum atomic E-state index is -1.05. The summed E-state index contributed by atoms with van der Waals surface area (Å²) in [6.07, 6.45) is 2.23. The summed E-state index contributed by atoms with van der Waals surface area (Å²) in [7, 11) is 0. The van der Waals surface area contributed by atoms with Gasteiger partial charge in [0, 0.05) is 24.5 Å². The summed E-state index contributed by atoms with van der Waals surface area (Å²) in [5.41, 5.74) is 4.29. The SMILES string of the molecule is Cc1ccc(OC(=O)N(CC(=O)N[C@@H](C)c2ccccc2)Cc2ccc(-c3cncc(C(=O)O)c3)cc2)cc1. The van der Waals surface area contributed by atoms with Crippen molar-refractivity contribution < 1.29 is 24.2 Å². The van der Waals surface area contributed by atoms with E-state index < -0.39 is 12.1 Å². The summed E-state index contributed by atoms with van der Waals surface area (Å²) < 4.78 is 5.57. The number of carboxylic acid groups (broad SMARTS) is 1. The van der Waals surface area contributed by atoms with Crippen molar-refractivity contribution in [3.8, 4) is 16.9 Å². The van der Waals surface area contributed by atoms with Gasteiger partial charge in [0.2, 0.25) is 5.91 Å². The summed E-state index contributed by atoms with van der Waals surface area (Å²) in [5.74, 6) is -0.987. The van der Waals surface area contributed by atoms with Crippen LogP contribution in [-0.2, 0) is 11.3 Å². The molecule has 0 aliphatic heterocycles. The van der Waals surface area contributed by atoms with E-state index in [4.69, 9.17) is 4.74 Å². The van der Waals surface area contributed by atoms with Gasteiger partial charge in [0.15, 0.2) is 0 Å². The Morgan fingerprint density at radius 1 is 0.923 bits per heavy atom. The van der Waals surface area contributed by atoms with Crippen molar-refractivity contribution in [2.24, 2.45) is 0 Å². The number of benzene rings is 3. The van der Waals surface area contributed by atoms with Crippen LogP contribution in [0.25, 0.3) is 11.1 Å². The highest BCUT2D eigenvalue weighted by Crippen LogP contribution is 2.21. The second kappa shape index (κ2) is 12.5. The van der Waals surface area contributed by atoms with Crippen molar-refractivity contribution in [2.75, 3.05) is 6.54 Å². The number of nitrogens with one attached hydrogen (secondary N) is 1. The molecule has 0 unspecified atom stereocenters. The molecule has 0 radical (unpaired) electrons. The fourth-order valence-electron chi connectivity index (χ4n) is 3.98. The molecular weight excluding hydrogens is 494 g/mol. The molecule has 0 aliphatic rings. The number of carbonyl (C=O) groups excluding carboxylic acids is 2. The molecule has 0 fully saturated rings. The van der Waals surface area contributed by atoms with Crippen molar-refractivity contribution in [3.05, 3.63) is 120 Å². The molecule has 0 aliphatic carbocycles. The highest BCUT2D eigenvalue weighted by atomic mass is 16.6. The number of carbonyl (C=O) groups is 3. The van der Waals surface area contributed by atoms with E-state index in [0.717, 1.165) is 22.3 Å². The molecule has 4 aromatic rings. The van der Waals surface area contributed by atoms with E-state index in [1.165, 1.54) is 11.1 Å². The second-order valence-electron chi connectivity index (χ2n) is 9.20. The number of hydrogen-bond acceptors (Lipinski definition) is 5. The lowest BCUT2D eigenvalue weighted by Crippen LogP contribution is -2.42. The number of nitrogens with zero attached hydrogens (tertiary/aromatic N) is 2. The van der Waals surface area contributed by atoms with Crippen molar-refractivity contribution in [1.82, 2.24) is 15.2 Å². The number of aromatic nitrogens is 1. The van der Waals surface area contributed by atoms with E-state index in [9.17, 15) is 19.5 Å². The molecule has 3 aromatic carbocycles. The monoisotopic (exact) mass is 523 g/mol. The van der Waals surface area contributed by atoms with Gasteiger partial charge < -0.3 is 15.2 Å². The topological polar surface area (TPSA) is 109 Å². The first kappa shape index (κ1) is 27.1. The molecule has 39 heavy (non-hydrogen) atoms. The average Bonchev–Trinajstić information content (AvgIpc) is 2.94. The Morgan fingerprint density at radius 2 is 1.62 bits per heavy atom. The number of ether oxygens (including phenoxy) is 1. The lowest BCUT2D eigenvalue weighted by Gasteiger charge is -2.23. The van der Waals surface area contributed by atoms with Gasteiger partial charge in [-0.2, -0.15) is 0 Å². The molecular formula is C31H29N3O5. The maximum absolute atomic E-state index is 13.1. The molecule has 1 aromatic heterocycles. The van der Waals surface area contributed by atoms with E-state index in [2.05, 4.69) is 10.3 Å². The minimum absolute atomic E-state index is 0.0948. The van der Waals surface area contributed by atoms with Gasteiger partial charge in [0.05, 0.1) is 11.6 Å². The molecule has 198 valence electrons. The van der Waals surface area contributed by atoms with Gasteiger partial charge in [0.1, 0.15) is 12.3 Å². The third-order valence-corrected chi connectivity index (χ3v) is 6.14. The number of pyridine rings is 1. The molecule has 0 saturated heterocycles. The molecule has 2 N–H and O–H groups in total. The molecule has 8 nitrogen and oxygen atoms in total. The predicted octanol–water partition coefficient (Wildman–Crippen LogP) is 5.63. The van der Waals surface area contributed by atoms with Crippen molar-refractivity contribution in [3.63, 3.8) is 0 Å². The van der Waals surface area contributed by atoms with Crippen LogP contribution in [0.2, 0.25) is 0 Å². The molecule has 4 rings (SSSR count). The maximum atomic E-state index is 13.1. The fraction of sp³-hybridized carbons (Fsp3) is 0.161. The van der Waals surface area contributed by atoms with Gasteiger partial charge in [-0.1, -0.05) is 72.3 Å². The Hall–Kier alpha value is -4.98. The maximum Gasteiger partial charge on any atom is 0.416 e. The molecule has 1 atom stereocenters. The van der Waals surface area contributed by atoms with Gasteiger partial charge in [0.25, 0.3) is 0 Å². The van der Waals surface area contributed by atoms with Crippen LogP contribution >= 0.6 is 0 Å². The minimum Gasteiger partial charge on any atom is -0.478 e. The fourth-order valence-corrected chi connectivity index (χ4v) is 3.98. The second-order valence-corrected chi connectivity index (χ2v) is 9.20. The zero-order chi connectivity index (χ0) is 27.8. The van der Waals surface area contributed by atoms with Crippen LogP contribution in [0.4, 0.5) is 4.79 Å². The third-order valence-electron chi connectivity index (χ3n) is 6.14. The summed E-state index contributed by atoms with van der Waals surface area (Å²) in [6.45, 7) is 3.75. The van der Waals surface area contributed by atoms with Crippen molar-refractivity contribution in [1.29, 1.82) is 0 Å². The quantitative estimate of drug-likeness (QED) is 0.294. The van der Waals surface area contributed by atoms with Crippen LogP contribution < -0.4 is 10.1 Å². The first-order valence-corrected chi connectivity index (χ1v) is 12.4. The molecule has 0 bridgehead atoms.